The summed E-state index contributed by atoms with van der Waals surface area (Å²) in [5.41, 5.74) is 2.41. The van der Waals surface area contributed by atoms with Crippen molar-refractivity contribution in [2.24, 2.45) is 22.2 Å². The molecular formula is C24H30O4. The molecule has 3 saturated carbocycles. The Morgan fingerprint density at radius 2 is 1.96 bits per heavy atom. The fraction of sp³-hybridized carbons (Fsp3) is 0.542. The van der Waals surface area contributed by atoms with E-state index in [4.69, 9.17) is 4.74 Å². The van der Waals surface area contributed by atoms with Gasteiger partial charge in [0.1, 0.15) is 6.10 Å². The van der Waals surface area contributed by atoms with Crippen molar-refractivity contribution in [2.45, 2.75) is 59.0 Å². The van der Waals surface area contributed by atoms with Crippen LogP contribution in [0.3, 0.4) is 0 Å². The maximum atomic E-state index is 12.5. The molecule has 4 atom stereocenters. The van der Waals surface area contributed by atoms with Crippen LogP contribution in [0.25, 0.3) is 6.08 Å². The summed E-state index contributed by atoms with van der Waals surface area (Å²) in [6, 6.07) is 4.44. The molecule has 0 unspecified atom stereocenters. The van der Waals surface area contributed by atoms with Crippen molar-refractivity contribution in [3.05, 3.63) is 42.0 Å². The van der Waals surface area contributed by atoms with Gasteiger partial charge in [0.15, 0.2) is 11.5 Å². The summed E-state index contributed by atoms with van der Waals surface area (Å²) >= 11 is 0. The average molecular weight is 383 g/mol. The SMILES string of the molecule is C=C1C[C@]23C[C@H](OC(=O)/C=C/c4ccc(O)c(O)c4)[C@H]1[C@]2(C)CCCC3(C)C. The van der Waals surface area contributed by atoms with Crippen molar-refractivity contribution in [1.82, 2.24) is 0 Å². The molecule has 0 aromatic heterocycles. The number of carbonyl (C=O) groups excluding carboxylic acids is 1. The minimum absolute atomic E-state index is 0.117. The normalized spacial score (nSPS) is 35.9. The molecule has 0 amide bonds. The number of aromatic hydroxyl groups is 2. The van der Waals surface area contributed by atoms with Gasteiger partial charge in [0.25, 0.3) is 0 Å². The third-order valence-electron chi connectivity index (χ3n) is 8.14. The molecule has 28 heavy (non-hydrogen) atoms. The number of benzene rings is 1. The maximum Gasteiger partial charge on any atom is 0.331 e. The van der Waals surface area contributed by atoms with E-state index in [0.29, 0.717) is 5.56 Å². The van der Waals surface area contributed by atoms with Crippen LogP contribution in [-0.4, -0.2) is 22.3 Å². The van der Waals surface area contributed by atoms with E-state index >= 15 is 0 Å². The van der Waals surface area contributed by atoms with Crippen LogP contribution in [0.15, 0.2) is 36.4 Å². The topological polar surface area (TPSA) is 66.8 Å². The predicted octanol–water partition coefficient (Wildman–Crippen LogP) is 5.21. The highest BCUT2D eigenvalue weighted by Gasteiger charge is 2.72. The third-order valence-corrected chi connectivity index (χ3v) is 8.14. The Morgan fingerprint density at radius 1 is 1.21 bits per heavy atom. The molecule has 4 nitrogen and oxygen atoms in total. The van der Waals surface area contributed by atoms with Gasteiger partial charge in [-0.05, 0) is 65.7 Å². The van der Waals surface area contributed by atoms with Crippen LogP contribution < -0.4 is 0 Å². The molecule has 3 aliphatic rings. The molecule has 0 saturated heterocycles. The Balaban J connectivity index is 1.53. The highest BCUT2D eigenvalue weighted by molar-refractivity contribution is 5.87. The first-order valence-corrected chi connectivity index (χ1v) is 10.2. The lowest BCUT2D eigenvalue weighted by Crippen LogP contribution is -2.48. The first-order valence-electron chi connectivity index (χ1n) is 10.2. The molecule has 1 aromatic rings. The number of phenols is 2. The lowest BCUT2D eigenvalue weighted by Gasteiger charge is -2.55. The van der Waals surface area contributed by atoms with Crippen molar-refractivity contribution in [2.75, 3.05) is 0 Å². The molecule has 0 spiro atoms. The zero-order valence-corrected chi connectivity index (χ0v) is 17.0. The molecular weight excluding hydrogens is 352 g/mol. The van der Waals surface area contributed by atoms with Crippen LogP contribution in [0.1, 0.15) is 58.4 Å². The Bertz CT molecular complexity index is 867. The lowest BCUT2D eigenvalue weighted by atomic mass is 9.49. The van der Waals surface area contributed by atoms with E-state index in [2.05, 4.69) is 27.4 Å². The monoisotopic (exact) mass is 382 g/mol. The number of esters is 1. The van der Waals surface area contributed by atoms with Gasteiger partial charge >= 0.3 is 5.97 Å². The fourth-order valence-corrected chi connectivity index (χ4v) is 6.81. The van der Waals surface area contributed by atoms with E-state index in [1.54, 1.807) is 12.1 Å². The summed E-state index contributed by atoms with van der Waals surface area (Å²) in [6.45, 7) is 11.5. The Kier molecular flexibility index (Phi) is 4.18. The third kappa shape index (κ3) is 2.53. The highest BCUT2D eigenvalue weighted by atomic mass is 16.5. The molecule has 2 bridgehead atoms. The molecule has 0 radical (unpaired) electrons. The number of phenolic OH excluding ortho intramolecular Hbond substituents is 2. The summed E-state index contributed by atoms with van der Waals surface area (Å²) in [4.78, 5) is 12.5. The predicted molar refractivity (Wildman–Crippen MR) is 109 cm³/mol. The zero-order valence-electron chi connectivity index (χ0n) is 17.0. The van der Waals surface area contributed by atoms with Gasteiger partial charge < -0.3 is 14.9 Å². The van der Waals surface area contributed by atoms with Crippen LogP contribution in [0.2, 0.25) is 0 Å². The zero-order chi connectivity index (χ0) is 20.3. The maximum absolute atomic E-state index is 12.5. The minimum Gasteiger partial charge on any atom is -0.504 e. The minimum atomic E-state index is -0.368. The number of hydrogen-bond donors (Lipinski definition) is 2. The van der Waals surface area contributed by atoms with Crippen LogP contribution >= 0.6 is 0 Å². The molecule has 150 valence electrons. The van der Waals surface area contributed by atoms with Gasteiger partial charge in [0.2, 0.25) is 0 Å². The van der Waals surface area contributed by atoms with Gasteiger partial charge in [0.05, 0.1) is 0 Å². The second-order valence-electron chi connectivity index (χ2n) is 9.81. The van der Waals surface area contributed by atoms with Gasteiger partial charge in [-0.2, -0.15) is 0 Å². The smallest absolute Gasteiger partial charge is 0.331 e. The fourth-order valence-electron chi connectivity index (χ4n) is 6.81. The van der Waals surface area contributed by atoms with E-state index in [0.717, 1.165) is 12.8 Å². The van der Waals surface area contributed by atoms with E-state index < -0.39 is 0 Å². The Morgan fingerprint density at radius 3 is 2.64 bits per heavy atom. The van der Waals surface area contributed by atoms with Gasteiger partial charge in [-0.25, -0.2) is 4.79 Å². The Labute approximate surface area is 166 Å². The molecule has 4 rings (SSSR count). The summed E-state index contributed by atoms with van der Waals surface area (Å²) in [7, 11) is 0. The lowest BCUT2D eigenvalue weighted by molar-refractivity contribution is -0.145. The van der Waals surface area contributed by atoms with Crippen molar-refractivity contribution < 1.29 is 19.7 Å². The van der Waals surface area contributed by atoms with Crippen LogP contribution in [0, 0.1) is 22.2 Å². The molecule has 2 N–H and O–H groups in total. The number of rotatable bonds is 3. The van der Waals surface area contributed by atoms with Gasteiger partial charge in [0, 0.05) is 12.0 Å². The van der Waals surface area contributed by atoms with E-state index in [9.17, 15) is 15.0 Å². The summed E-state index contributed by atoms with van der Waals surface area (Å²) < 4.78 is 5.94. The number of carbonyl (C=O) groups is 1. The number of hydrogen-bond acceptors (Lipinski definition) is 4. The summed E-state index contributed by atoms with van der Waals surface area (Å²) in [5, 5.41) is 19.0. The highest BCUT2D eigenvalue weighted by Crippen LogP contribution is 2.78. The number of ether oxygens (including phenoxy) is 1. The average Bonchev–Trinajstić information content (AvgIpc) is 2.99. The summed E-state index contributed by atoms with van der Waals surface area (Å²) in [5.74, 6) is -0.522. The van der Waals surface area contributed by atoms with Crippen molar-refractivity contribution in [1.29, 1.82) is 0 Å². The largest absolute Gasteiger partial charge is 0.504 e. The molecule has 4 heteroatoms. The Hall–Kier alpha value is -2.23. The van der Waals surface area contributed by atoms with Crippen LogP contribution in [0.4, 0.5) is 0 Å². The molecule has 3 aliphatic carbocycles. The van der Waals surface area contributed by atoms with Gasteiger partial charge in [-0.3, -0.25) is 0 Å². The second-order valence-corrected chi connectivity index (χ2v) is 9.81. The van der Waals surface area contributed by atoms with E-state index in [-0.39, 0.29) is 45.7 Å². The van der Waals surface area contributed by atoms with Crippen molar-refractivity contribution in [3.63, 3.8) is 0 Å². The first kappa shape index (κ1) is 19.1. The van der Waals surface area contributed by atoms with Crippen molar-refractivity contribution >= 4 is 12.0 Å². The first-order chi connectivity index (χ1) is 13.1. The molecule has 0 aliphatic heterocycles. The van der Waals surface area contributed by atoms with Crippen LogP contribution in [-0.2, 0) is 9.53 Å². The second kappa shape index (κ2) is 6.13. The van der Waals surface area contributed by atoms with Crippen molar-refractivity contribution in [3.8, 4) is 11.5 Å². The molecule has 3 fully saturated rings. The van der Waals surface area contributed by atoms with E-state index in [1.165, 1.54) is 43.0 Å². The standard InChI is InChI=1S/C24H30O4/c1-15-13-24-14-19(21(15)23(24,4)11-5-10-22(24,2)3)28-20(27)9-7-16-6-8-17(25)18(26)12-16/h6-9,12,19,21,25-26H,1,5,10-11,13-14H2,2-4H3/b9-7+/t19-,21-,23-,24+/m0/s1. The molecule has 0 heterocycles. The van der Waals surface area contributed by atoms with Gasteiger partial charge in [-0.15, -0.1) is 0 Å². The quantitative estimate of drug-likeness (QED) is 0.326. The van der Waals surface area contributed by atoms with E-state index in [1.807, 2.05) is 0 Å². The summed E-state index contributed by atoms with van der Waals surface area (Å²) in [6.07, 6.45) is 8.46. The molecule has 1 aromatic carbocycles. The van der Waals surface area contributed by atoms with Crippen LogP contribution in [0.5, 0.6) is 11.5 Å². The van der Waals surface area contributed by atoms with Gasteiger partial charge in [-0.1, -0.05) is 45.4 Å².